The first-order chi connectivity index (χ1) is 24.1. The molecule has 3 rings (SSSR count). The Balaban J connectivity index is 1.93. The van der Waals surface area contributed by atoms with Gasteiger partial charge < -0.3 is 29.7 Å². The lowest BCUT2D eigenvalue weighted by atomic mass is 9.98. The van der Waals surface area contributed by atoms with Crippen LogP contribution >= 0.6 is 11.3 Å². The number of amides is 4. The topological polar surface area (TPSA) is 272 Å². The third-order valence-electron chi connectivity index (χ3n) is 6.38. The molecular formula is C30H45N9O12S2. The molecule has 0 unspecified atom stereocenters. The van der Waals surface area contributed by atoms with Gasteiger partial charge in [0.25, 0.3) is 11.8 Å². The standard InChI is InChI=1S/C30H45N9O12S2/c1-27(2,3)48-23(42)30(10,11)51-37-19(16-14-52-24(34-16)36-26(44)50-29(7,8)9)21(40)35-20-17(39(22(20)41)53(45,46)47)13-38-18(32-15-33-38)12-31-25(43)49-28(4,5)6/h14-15,17,20H,12-13H2,1-11H3,(H,31,43)(H,35,40)(H,34,36,44)(H,45,46,47)/b37-19+/t17-,20+/m1/s1. The molecule has 0 bridgehead atoms. The largest absolute Gasteiger partial charge is 0.457 e. The third kappa shape index (κ3) is 12.3. The van der Waals surface area contributed by atoms with Crippen LogP contribution in [0.3, 0.4) is 0 Å². The normalized spacial score (nSPS) is 17.0. The molecule has 4 N–H and O–H groups in total. The summed E-state index contributed by atoms with van der Waals surface area (Å²) < 4.78 is 51.4. The predicted molar refractivity (Wildman–Crippen MR) is 187 cm³/mol. The second-order valence-electron chi connectivity index (χ2n) is 15.1. The summed E-state index contributed by atoms with van der Waals surface area (Å²) in [6.07, 6.45) is -0.506. The molecule has 0 aliphatic carbocycles. The molecule has 2 aromatic rings. The van der Waals surface area contributed by atoms with Crippen LogP contribution in [0.1, 0.15) is 87.7 Å². The van der Waals surface area contributed by atoms with E-state index in [-0.39, 0.29) is 27.5 Å². The van der Waals surface area contributed by atoms with Crippen molar-refractivity contribution in [1.82, 2.24) is 34.7 Å². The van der Waals surface area contributed by atoms with E-state index in [9.17, 15) is 36.9 Å². The first-order valence-corrected chi connectivity index (χ1v) is 18.2. The van der Waals surface area contributed by atoms with E-state index in [1.54, 1.807) is 62.3 Å². The molecule has 2 atom stereocenters. The van der Waals surface area contributed by atoms with E-state index < -0.39 is 87.0 Å². The molecule has 4 amide bonds. The van der Waals surface area contributed by atoms with Gasteiger partial charge in [0.1, 0.15) is 40.7 Å². The molecule has 1 aliphatic rings. The summed E-state index contributed by atoms with van der Waals surface area (Å²) in [5, 5.41) is 16.5. The zero-order chi connectivity index (χ0) is 40.3. The van der Waals surface area contributed by atoms with Crippen molar-refractivity contribution in [2.45, 2.75) is 124 Å². The van der Waals surface area contributed by atoms with E-state index in [1.807, 2.05) is 0 Å². The number of β-lactam (4-membered cyclic amide) rings is 1. The lowest BCUT2D eigenvalue weighted by Gasteiger charge is -2.44. The van der Waals surface area contributed by atoms with Crippen molar-refractivity contribution in [1.29, 1.82) is 0 Å². The van der Waals surface area contributed by atoms with Crippen molar-refractivity contribution in [2.24, 2.45) is 5.16 Å². The minimum atomic E-state index is -5.13. The second-order valence-corrected chi connectivity index (χ2v) is 17.2. The van der Waals surface area contributed by atoms with Gasteiger partial charge in [-0.1, -0.05) is 5.16 Å². The highest BCUT2D eigenvalue weighted by Gasteiger charge is 2.54. The molecule has 23 heteroatoms. The summed E-state index contributed by atoms with van der Waals surface area (Å²) >= 11 is 0.878. The van der Waals surface area contributed by atoms with Gasteiger partial charge in [0.05, 0.1) is 19.1 Å². The highest BCUT2D eigenvalue weighted by Crippen LogP contribution is 2.27. The fraction of sp³-hybridized carbons (Fsp3) is 0.633. The van der Waals surface area contributed by atoms with Gasteiger partial charge in [0.2, 0.25) is 5.60 Å². The highest BCUT2D eigenvalue weighted by molar-refractivity contribution is 7.84. The van der Waals surface area contributed by atoms with E-state index in [2.05, 4.69) is 36.2 Å². The molecule has 53 heavy (non-hydrogen) atoms. The molecule has 1 aliphatic heterocycles. The molecule has 0 spiro atoms. The van der Waals surface area contributed by atoms with Crippen LogP contribution in [0.5, 0.6) is 0 Å². The van der Waals surface area contributed by atoms with Crippen LogP contribution in [0.25, 0.3) is 0 Å². The van der Waals surface area contributed by atoms with Gasteiger partial charge >= 0.3 is 28.5 Å². The molecular weight excluding hydrogens is 743 g/mol. The van der Waals surface area contributed by atoms with Gasteiger partial charge in [-0.2, -0.15) is 13.5 Å². The van der Waals surface area contributed by atoms with Crippen LogP contribution in [0.15, 0.2) is 16.9 Å². The Morgan fingerprint density at radius 3 is 2.09 bits per heavy atom. The first-order valence-electron chi connectivity index (χ1n) is 16.0. The Morgan fingerprint density at radius 1 is 0.943 bits per heavy atom. The maximum atomic E-state index is 13.8. The smallest absolute Gasteiger partial charge is 0.413 e. The third-order valence-corrected chi connectivity index (χ3v) is 8.08. The maximum absolute atomic E-state index is 13.8. The van der Waals surface area contributed by atoms with E-state index in [4.69, 9.17) is 19.0 Å². The summed E-state index contributed by atoms with van der Waals surface area (Å²) in [4.78, 5) is 78.0. The van der Waals surface area contributed by atoms with Crippen molar-refractivity contribution in [2.75, 3.05) is 5.32 Å². The van der Waals surface area contributed by atoms with Crippen LogP contribution in [-0.2, 0) is 56.8 Å². The molecule has 1 saturated heterocycles. The SMILES string of the molecule is CC(C)(C)OC(=O)NCc1ncnn1C[C@@H]1[C@H](NC(=O)/C(=N/OC(C)(C)C(=O)OC(C)(C)C)c2csc(NC(=O)OC(C)(C)C)n2)C(=O)N1S(=O)(=O)O. The van der Waals surface area contributed by atoms with Crippen LogP contribution in [0.4, 0.5) is 14.7 Å². The van der Waals surface area contributed by atoms with Crippen LogP contribution in [0.2, 0.25) is 0 Å². The van der Waals surface area contributed by atoms with Gasteiger partial charge in [-0.3, -0.25) is 19.5 Å². The molecule has 21 nitrogen and oxygen atoms in total. The van der Waals surface area contributed by atoms with Gasteiger partial charge in [-0.15, -0.1) is 11.3 Å². The number of oxime groups is 1. The van der Waals surface area contributed by atoms with Crippen molar-refractivity contribution in [3.63, 3.8) is 0 Å². The average molecular weight is 788 g/mol. The fourth-order valence-corrected chi connectivity index (χ4v) is 5.76. The van der Waals surface area contributed by atoms with Crippen molar-refractivity contribution >= 4 is 62.5 Å². The molecule has 3 heterocycles. The Bertz CT molecular complexity index is 1850. The average Bonchev–Trinajstić information content (AvgIpc) is 3.60. The number of hydrogen-bond acceptors (Lipinski definition) is 16. The molecule has 294 valence electrons. The number of esters is 1. The Hall–Kier alpha value is -4.90. The minimum absolute atomic E-state index is 0.0185. The Kier molecular flexibility index (Phi) is 12.5. The molecule has 0 aromatic carbocycles. The van der Waals surface area contributed by atoms with E-state index in [0.29, 0.717) is 0 Å². The number of anilines is 1. The number of alkyl carbamates (subject to hydrolysis) is 1. The number of ether oxygens (including phenoxy) is 3. The number of thiazole rings is 1. The molecule has 0 saturated carbocycles. The number of nitrogens with one attached hydrogen (secondary N) is 3. The predicted octanol–water partition coefficient (Wildman–Crippen LogP) is 2.15. The zero-order valence-corrected chi connectivity index (χ0v) is 32.8. The Labute approximate surface area is 310 Å². The number of nitrogens with zero attached hydrogens (tertiary/aromatic N) is 6. The highest BCUT2D eigenvalue weighted by atomic mass is 32.2. The summed E-state index contributed by atoms with van der Waals surface area (Å²) in [5.41, 5.74) is -5.04. The van der Waals surface area contributed by atoms with Crippen LogP contribution in [-0.4, -0.2) is 107 Å². The van der Waals surface area contributed by atoms with Gasteiger partial charge in [0.15, 0.2) is 10.8 Å². The van der Waals surface area contributed by atoms with Crippen LogP contribution in [0, 0.1) is 0 Å². The fourth-order valence-electron chi connectivity index (χ4n) is 4.20. The second kappa shape index (κ2) is 15.6. The van der Waals surface area contributed by atoms with Crippen molar-refractivity contribution < 1.29 is 56.0 Å². The zero-order valence-electron chi connectivity index (χ0n) is 31.2. The van der Waals surface area contributed by atoms with E-state index in [0.717, 1.165) is 22.3 Å². The molecule has 2 aromatic heterocycles. The van der Waals surface area contributed by atoms with Crippen molar-refractivity contribution in [3.8, 4) is 0 Å². The first kappa shape index (κ1) is 42.5. The van der Waals surface area contributed by atoms with Crippen molar-refractivity contribution in [3.05, 3.63) is 23.2 Å². The summed E-state index contributed by atoms with van der Waals surface area (Å²) in [5.74, 6) is -3.05. The number of rotatable bonds is 12. The number of hydrogen-bond donors (Lipinski definition) is 4. The van der Waals surface area contributed by atoms with Gasteiger partial charge in [0, 0.05) is 5.38 Å². The maximum Gasteiger partial charge on any atom is 0.413 e. The lowest BCUT2D eigenvalue weighted by molar-refractivity contribution is -0.179. The number of aromatic nitrogens is 4. The summed E-state index contributed by atoms with van der Waals surface area (Å²) in [7, 11) is -5.13. The van der Waals surface area contributed by atoms with Crippen LogP contribution < -0.4 is 16.0 Å². The lowest BCUT2D eigenvalue weighted by Crippen LogP contribution is -2.73. The Morgan fingerprint density at radius 2 is 1.53 bits per heavy atom. The van der Waals surface area contributed by atoms with Gasteiger partial charge in [-0.05, 0) is 76.2 Å². The van der Waals surface area contributed by atoms with Gasteiger partial charge in [-0.25, -0.2) is 33.3 Å². The monoisotopic (exact) mass is 787 g/mol. The number of carbonyl (C=O) groups is 5. The van der Waals surface area contributed by atoms with E-state index >= 15 is 0 Å². The summed E-state index contributed by atoms with van der Waals surface area (Å²) in [6, 6.07) is -3.05. The molecule has 1 fully saturated rings. The van der Waals surface area contributed by atoms with E-state index in [1.165, 1.54) is 19.2 Å². The number of carbonyl (C=O) groups excluding carboxylic acids is 5. The summed E-state index contributed by atoms with van der Waals surface area (Å²) in [6.45, 7) is 16.9. The minimum Gasteiger partial charge on any atom is -0.457 e. The quantitative estimate of drug-likeness (QED) is 0.0599. The molecule has 0 radical (unpaired) electrons.